The van der Waals surface area contributed by atoms with Crippen molar-refractivity contribution in [1.29, 1.82) is 0 Å². The number of aromatic nitrogens is 3. The molecule has 4 N–H and O–H groups in total. The Labute approximate surface area is 216 Å². The maximum absolute atomic E-state index is 13.0. The highest BCUT2D eigenvalue weighted by Crippen LogP contribution is 2.34. The minimum Gasteiger partial charge on any atom is -0.369 e. The van der Waals surface area contributed by atoms with Gasteiger partial charge in [0.15, 0.2) is 0 Å². The van der Waals surface area contributed by atoms with Crippen molar-refractivity contribution in [3.63, 3.8) is 0 Å². The lowest BCUT2D eigenvalue weighted by Crippen LogP contribution is -2.47. The first-order valence-corrected chi connectivity index (χ1v) is 12.7. The molecule has 1 aliphatic heterocycles. The van der Waals surface area contributed by atoms with Crippen molar-refractivity contribution in [1.82, 2.24) is 20.1 Å². The number of aromatic amines is 1. The fourth-order valence-corrected chi connectivity index (χ4v) is 5.11. The summed E-state index contributed by atoms with van der Waals surface area (Å²) in [6.07, 6.45) is 5.58. The molecule has 192 valence electrons. The molecule has 3 heterocycles. The first-order valence-electron chi connectivity index (χ1n) is 12.7. The van der Waals surface area contributed by atoms with E-state index in [9.17, 15) is 9.59 Å². The quantitative estimate of drug-likeness (QED) is 0.380. The van der Waals surface area contributed by atoms with Crippen LogP contribution in [0.15, 0.2) is 54.9 Å². The second-order valence-corrected chi connectivity index (χ2v) is 11.0. The Morgan fingerprint density at radius 3 is 2.54 bits per heavy atom. The summed E-state index contributed by atoms with van der Waals surface area (Å²) in [7, 11) is 1.87. The van der Waals surface area contributed by atoms with E-state index in [-0.39, 0.29) is 17.4 Å². The van der Waals surface area contributed by atoms with Gasteiger partial charge in [0, 0.05) is 60.3 Å². The third-order valence-corrected chi connectivity index (χ3v) is 7.16. The zero-order valence-electron chi connectivity index (χ0n) is 21.8. The number of anilines is 1. The lowest BCUT2D eigenvalue weighted by Gasteiger charge is -2.35. The van der Waals surface area contributed by atoms with Crippen LogP contribution in [0.25, 0.3) is 22.2 Å². The van der Waals surface area contributed by atoms with E-state index in [4.69, 9.17) is 5.73 Å². The van der Waals surface area contributed by atoms with Crippen LogP contribution in [0, 0.1) is 0 Å². The van der Waals surface area contributed by atoms with Crippen LogP contribution in [-0.4, -0.2) is 45.7 Å². The summed E-state index contributed by atoms with van der Waals surface area (Å²) >= 11 is 0. The van der Waals surface area contributed by atoms with Crippen molar-refractivity contribution >= 4 is 28.4 Å². The molecule has 0 aliphatic carbocycles. The standard InChI is InChI=1S/C29H34N6O2/c1-29(2,3)20-9-7-18(8-10-20)28(37)32-21-6-5-13-35(17-21)25-12-11-22(27(30)36)26-23(25)14-24(33-26)19-15-31-34(4)16-19/h7-12,14-16,21,33H,5-6,13,17H2,1-4H3,(H2,30,36)(H,32,37)/t21-/m1/s1. The van der Waals surface area contributed by atoms with Crippen LogP contribution in [0.1, 0.15) is 59.9 Å². The van der Waals surface area contributed by atoms with Gasteiger partial charge in [0.1, 0.15) is 0 Å². The molecule has 1 fully saturated rings. The van der Waals surface area contributed by atoms with Crippen molar-refractivity contribution in [2.24, 2.45) is 12.8 Å². The molecule has 0 bridgehead atoms. The number of carbonyl (C=O) groups is 2. The number of H-pyrrole nitrogens is 1. The number of piperidine rings is 1. The van der Waals surface area contributed by atoms with Gasteiger partial charge in [0.2, 0.25) is 0 Å². The van der Waals surface area contributed by atoms with E-state index in [1.165, 1.54) is 5.56 Å². The van der Waals surface area contributed by atoms with Crippen LogP contribution >= 0.6 is 0 Å². The van der Waals surface area contributed by atoms with Crippen molar-refractivity contribution < 1.29 is 9.59 Å². The highest BCUT2D eigenvalue weighted by Gasteiger charge is 2.25. The van der Waals surface area contributed by atoms with Gasteiger partial charge in [-0.15, -0.1) is 0 Å². The lowest BCUT2D eigenvalue weighted by atomic mass is 9.86. The van der Waals surface area contributed by atoms with E-state index in [1.54, 1.807) is 16.9 Å². The van der Waals surface area contributed by atoms with E-state index in [1.807, 2.05) is 49.6 Å². The summed E-state index contributed by atoms with van der Waals surface area (Å²) in [5.74, 6) is -0.528. The number of carbonyl (C=O) groups excluding carboxylic acids is 2. The smallest absolute Gasteiger partial charge is 0.251 e. The minimum absolute atomic E-state index is 0.0196. The van der Waals surface area contributed by atoms with Crippen LogP contribution in [0.3, 0.4) is 0 Å². The Kier molecular flexibility index (Phi) is 6.27. The summed E-state index contributed by atoms with van der Waals surface area (Å²) < 4.78 is 1.74. The van der Waals surface area contributed by atoms with Gasteiger partial charge >= 0.3 is 0 Å². The predicted molar refractivity (Wildman–Crippen MR) is 147 cm³/mol. The molecule has 0 unspecified atom stereocenters. The number of nitrogens with two attached hydrogens (primary N) is 1. The van der Waals surface area contributed by atoms with E-state index in [0.29, 0.717) is 23.2 Å². The molecule has 0 spiro atoms. The monoisotopic (exact) mass is 498 g/mol. The molecule has 1 atom stereocenters. The second-order valence-electron chi connectivity index (χ2n) is 11.0. The second kappa shape index (κ2) is 9.42. The average Bonchev–Trinajstić information content (AvgIpc) is 3.49. The maximum atomic E-state index is 13.0. The summed E-state index contributed by atoms with van der Waals surface area (Å²) in [5.41, 5.74) is 11.6. The van der Waals surface area contributed by atoms with Crippen LogP contribution in [0.4, 0.5) is 5.69 Å². The molecular weight excluding hydrogens is 464 g/mol. The largest absolute Gasteiger partial charge is 0.369 e. The number of hydrogen-bond donors (Lipinski definition) is 3. The molecular formula is C29H34N6O2. The van der Waals surface area contributed by atoms with Crippen LogP contribution in [0.2, 0.25) is 0 Å². The number of benzene rings is 2. The van der Waals surface area contributed by atoms with Crippen LogP contribution in [0.5, 0.6) is 0 Å². The van der Waals surface area contributed by atoms with Gasteiger partial charge < -0.3 is 20.9 Å². The molecule has 37 heavy (non-hydrogen) atoms. The number of fused-ring (bicyclic) bond motifs is 1. The summed E-state index contributed by atoms with van der Waals surface area (Å²) in [4.78, 5) is 30.8. The van der Waals surface area contributed by atoms with Crippen molar-refractivity contribution in [2.45, 2.75) is 45.1 Å². The summed E-state index contributed by atoms with van der Waals surface area (Å²) in [6.45, 7) is 8.04. The van der Waals surface area contributed by atoms with Gasteiger partial charge in [-0.25, -0.2) is 0 Å². The number of primary amides is 1. The van der Waals surface area contributed by atoms with Crippen LogP contribution < -0.4 is 16.0 Å². The molecule has 0 radical (unpaired) electrons. The van der Waals surface area contributed by atoms with Gasteiger partial charge in [-0.05, 0) is 54.2 Å². The zero-order valence-corrected chi connectivity index (χ0v) is 21.8. The van der Waals surface area contributed by atoms with E-state index < -0.39 is 5.91 Å². The van der Waals surface area contributed by atoms with Gasteiger partial charge in [0.05, 0.1) is 17.3 Å². The first-order chi connectivity index (χ1) is 17.6. The van der Waals surface area contributed by atoms with E-state index in [2.05, 4.69) is 41.1 Å². The molecule has 8 heteroatoms. The van der Waals surface area contributed by atoms with Gasteiger partial charge in [-0.2, -0.15) is 5.10 Å². The highest BCUT2D eigenvalue weighted by atomic mass is 16.2. The lowest BCUT2D eigenvalue weighted by molar-refractivity contribution is 0.0932. The number of nitrogens with one attached hydrogen (secondary N) is 2. The van der Waals surface area contributed by atoms with Crippen molar-refractivity contribution in [3.8, 4) is 11.3 Å². The molecule has 1 saturated heterocycles. The zero-order chi connectivity index (χ0) is 26.3. The Hall–Kier alpha value is -4.07. The Morgan fingerprint density at radius 2 is 1.89 bits per heavy atom. The molecule has 5 rings (SSSR count). The number of nitrogens with zero attached hydrogens (tertiary/aromatic N) is 3. The average molecular weight is 499 g/mol. The molecule has 4 aromatic rings. The fraction of sp³-hybridized carbons (Fsp3) is 0.345. The fourth-order valence-electron chi connectivity index (χ4n) is 5.11. The Balaban J connectivity index is 1.39. The summed E-state index contributed by atoms with van der Waals surface area (Å²) in [6, 6.07) is 13.7. The van der Waals surface area contributed by atoms with Gasteiger partial charge in [-0.3, -0.25) is 14.3 Å². The number of aryl methyl sites for hydroxylation is 1. The molecule has 0 saturated carbocycles. The maximum Gasteiger partial charge on any atom is 0.251 e. The molecule has 2 aromatic heterocycles. The number of rotatable bonds is 5. The Bertz CT molecular complexity index is 1460. The topological polar surface area (TPSA) is 109 Å². The van der Waals surface area contributed by atoms with Gasteiger partial charge in [-0.1, -0.05) is 32.9 Å². The predicted octanol–water partition coefficient (Wildman–Crippen LogP) is 4.36. The highest BCUT2D eigenvalue weighted by molar-refractivity contribution is 6.10. The van der Waals surface area contributed by atoms with Crippen LogP contribution in [-0.2, 0) is 12.5 Å². The third-order valence-electron chi connectivity index (χ3n) is 7.16. The number of amides is 2. The normalized spacial score (nSPS) is 16.2. The molecule has 2 aromatic carbocycles. The molecule has 1 aliphatic rings. The molecule has 2 amide bonds. The van der Waals surface area contributed by atoms with Crippen molar-refractivity contribution in [3.05, 3.63) is 71.5 Å². The SMILES string of the molecule is Cn1cc(-c2cc3c(N4CCC[C@@H](NC(=O)c5ccc(C(C)(C)C)cc5)C4)ccc(C(N)=O)c3[nH]2)cn1. The minimum atomic E-state index is -0.475. The van der Waals surface area contributed by atoms with E-state index >= 15 is 0 Å². The van der Waals surface area contributed by atoms with Crippen molar-refractivity contribution in [2.75, 3.05) is 18.0 Å². The Morgan fingerprint density at radius 1 is 1.14 bits per heavy atom. The van der Waals surface area contributed by atoms with Gasteiger partial charge in [0.25, 0.3) is 11.8 Å². The number of hydrogen-bond acceptors (Lipinski definition) is 4. The third kappa shape index (κ3) is 4.96. The molecule has 8 nitrogen and oxygen atoms in total. The van der Waals surface area contributed by atoms with E-state index in [0.717, 1.165) is 41.7 Å². The first kappa shape index (κ1) is 24.6. The summed E-state index contributed by atoms with van der Waals surface area (Å²) in [5, 5.41) is 8.43.